The Balaban J connectivity index is 3.68. The number of rotatable bonds is 10. The van der Waals surface area contributed by atoms with Gasteiger partial charge in [-0.15, -0.1) is 0 Å². The Bertz CT molecular complexity index is 247. The van der Waals surface area contributed by atoms with Crippen LogP contribution < -0.4 is 11.1 Å². The molecule has 6 heteroatoms. The van der Waals surface area contributed by atoms with Crippen LogP contribution in [0.5, 0.6) is 0 Å². The summed E-state index contributed by atoms with van der Waals surface area (Å²) in [7, 11) is 3.26. The minimum Gasteiger partial charge on any atom is -0.385 e. The summed E-state index contributed by atoms with van der Waals surface area (Å²) in [5.41, 5.74) is 5.35. The molecule has 0 saturated heterocycles. The van der Waals surface area contributed by atoms with Gasteiger partial charge in [-0.1, -0.05) is 0 Å². The molecule has 6 nitrogen and oxygen atoms in total. The third-order valence-corrected chi connectivity index (χ3v) is 2.50. The number of nitrogens with one attached hydrogen (secondary N) is 1. The van der Waals surface area contributed by atoms with Crippen molar-refractivity contribution in [3.63, 3.8) is 0 Å². The molecule has 0 radical (unpaired) electrons. The van der Waals surface area contributed by atoms with Crippen molar-refractivity contribution >= 4 is 11.8 Å². The number of nitrogens with zero attached hydrogens (tertiary/aromatic N) is 1. The van der Waals surface area contributed by atoms with Gasteiger partial charge in [0.1, 0.15) is 0 Å². The van der Waals surface area contributed by atoms with Crippen LogP contribution in [-0.2, 0) is 14.3 Å². The zero-order valence-electron chi connectivity index (χ0n) is 11.4. The van der Waals surface area contributed by atoms with Crippen LogP contribution in [0.1, 0.15) is 25.7 Å². The molecule has 0 bridgehead atoms. The van der Waals surface area contributed by atoms with Crippen LogP contribution in [0.4, 0.5) is 0 Å². The first-order valence-corrected chi connectivity index (χ1v) is 6.31. The van der Waals surface area contributed by atoms with Gasteiger partial charge in [0.25, 0.3) is 0 Å². The second kappa shape index (κ2) is 11.0. The number of methoxy groups -OCH3 is 1. The zero-order valence-corrected chi connectivity index (χ0v) is 11.4. The summed E-state index contributed by atoms with van der Waals surface area (Å²) in [6, 6.07) is 0. The maximum Gasteiger partial charge on any atom is 0.239 e. The number of ether oxygens (including phenoxy) is 1. The van der Waals surface area contributed by atoms with E-state index in [1.807, 2.05) is 0 Å². The molecule has 0 heterocycles. The number of carbonyl (C=O) groups excluding carboxylic acids is 2. The lowest BCUT2D eigenvalue weighted by molar-refractivity contribution is -0.134. The smallest absolute Gasteiger partial charge is 0.239 e. The maximum absolute atomic E-state index is 11.6. The third kappa shape index (κ3) is 8.95. The second-order valence-electron chi connectivity index (χ2n) is 4.19. The van der Waals surface area contributed by atoms with Crippen molar-refractivity contribution in [2.45, 2.75) is 25.7 Å². The quantitative estimate of drug-likeness (QED) is 0.529. The van der Waals surface area contributed by atoms with Crippen LogP contribution in [0.15, 0.2) is 0 Å². The fourth-order valence-corrected chi connectivity index (χ4v) is 1.42. The molecule has 0 rings (SSSR count). The molecule has 0 aromatic rings. The van der Waals surface area contributed by atoms with Gasteiger partial charge in [-0.3, -0.25) is 9.59 Å². The monoisotopic (exact) mass is 259 g/mol. The summed E-state index contributed by atoms with van der Waals surface area (Å²) in [5.74, 6) is -0.156. The predicted molar refractivity (Wildman–Crippen MR) is 70.0 cm³/mol. The first kappa shape index (κ1) is 16.9. The Morgan fingerprint density at radius 3 is 2.61 bits per heavy atom. The van der Waals surface area contributed by atoms with E-state index in [0.29, 0.717) is 26.1 Å². The molecule has 0 aliphatic carbocycles. The number of carbonyl (C=O) groups is 2. The van der Waals surface area contributed by atoms with Crippen LogP contribution in [-0.4, -0.2) is 57.1 Å². The molecular weight excluding hydrogens is 234 g/mol. The first-order valence-electron chi connectivity index (χ1n) is 6.31. The van der Waals surface area contributed by atoms with Crippen LogP contribution in [0.25, 0.3) is 0 Å². The van der Waals surface area contributed by atoms with Crippen molar-refractivity contribution in [3.05, 3.63) is 0 Å². The van der Waals surface area contributed by atoms with Crippen molar-refractivity contribution in [3.8, 4) is 0 Å². The average Bonchev–Trinajstić information content (AvgIpc) is 2.34. The molecule has 0 aliphatic heterocycles. The van der Waals surface area contributed by atoms with Gasteiger partial charge in [0.2, 0.25) is 11.8 Å². The molecule has 2 amide bonds. The maximum atomic E-state index is 11.6. The normalized spacial score (nSPS) is 10.2. The molecule has 0 spiro atoms. The van der Waals surface area contributed by atoms with Crippen molar-refractivity contribution in [2.75, 3.05) is 40.4 Å². The Morgan fingerprint density at radius 2 is 2.00 bits per heavy atom. The SMILES string of the molecule is COCCCNC(=O)CN(C)C(=O)CCCCN. The van der Waals surface area contributed by atoms with Gasteiger partial charge in [-0.25, -0.2) is 0 Å². The van der Waals surface area contributed by atoms with Gasteiger partial charge in [-0.05, 0) is 25.8 Å². The summed E-state index contributed by atoms with van der Waals surface area (Å²) in [4.78, 5) is 24.5. The van der Waals surface area contributed by atoms with Crippen LogP contribution in [0.2, 0.25) is 0 Å². The van der Waals surface area contributed by atoms with E-state index in [2.05, 4.69) is 5.32 Å². The highest BCUT2D eigenvalue weighted by Crippen LogP contribution is 1.98. The Hall–Kier alpha value is -1.14. The molecule has 0 atom stereocenters. The second-order valence-corrected chi connectivity index (χ2v) is 4.19. The van der Waals surface area contributed by atoms with E-state index >= 15 is 0 Å². The van der Waals surface area contributed by atoms with Crippen molar-refractivity contribution < 1.29 is 14.3 Å². The molecule has 3 N–H and O–H groups in total. The zero-order chi connectivity index (χ0) is 13.8. The summed E-state index contributed by atoms with van der Waals surface area (Å²) < 4.78 is 4.87. The molecule has 106 valence electrons. The van der Waals surface area contributed by atoms with Crippen LogP contribution in [0.3, 0.4) is 0 Å². The molecule has 0 aliphatic rings. The molecular formula is C12H25N3O3. The van der Waals surface area contributed by atoms with Crippen molar-refractivity contribution in [1.29, 1.82) is 0 Å². The topological polar surface area (TPSA) is 84.7 Å². The highest BCUT2D eigenvalue weighted by Gasteiger charge is 2.11. The van der Waals surface area contributed by atoms with Crippen LogP contribution in [0, 0.1) is 0 Å². The molecule has 18 heavy (non-hydrogen) atoms. The number of nitrogens with two attached hydrogens (primary N) is 1. The molecule has 0 aromatic carbocycles. The number of amides is 2. The highest BCUT2D eigenvalue weighted by molar-refractivity contribution is 5.84. The largest absolute Gasteiger partial charge is 0.385 e. The van der Waals surface area contributed by atoms with E-state index in [4.69, 9.17) is 10.5 Å². The van der Waals surface area contributed by atoms with Crippen LogP contribution >= 0.6 is 0 Å². The Morgan fingerprint density at radius 1 is 1.28 bits per heavy atom. The summed E-state index contributed by atoms with van der Waals surface area (Å²) >= 11 is 0. The summed E-state index contributed by atoms with van der Waals surface area (Å²) in [6.45, 7) is 1.89. The lowest BCUT2D eigenvalue weighted by Crippen LogP contribution is -2.38. The van der Waals surface area contributed by atoms with Gasteiger partial charge in [0, 0.05) is 33.7 Å². The lowest BCUT2D eigenvalue weighted by atomic mass is 10.2. The van der Waals surface area contributed by atoms with E-state index in [-0.39, 0.29) is 18.4 Å². The minimum atomic E-state index is -0.138. The number of unbranched alkanes of at least 4 members (excludes halogenated alkanes) is 1. The van der Waals surface area contributed by atoms with E-state index in [1.54, 1.807) is 14.2 Å². The van der Waals surface area contributed by atoms with Gasteiger partial charge in [0.05, 0.1) is 6.54 Å². The molecule has 0 aromatic heterocycles. The van der Waals surface area contributed by atoms with Gasteiger partial charge in [0.15, 0.2) is 0 Å². The highest BCUT2D eigenvalue weighted by atomic mass is 16.5. The standard InChI is InChI=1S/C12H25N3O3/c1-15(12(17)6-3-4-7-13)10-11(16)14-8-5-9-18-2/h3-10,13H2,1-2H3,(H,14,16). The van der Waals surface area contributed by atoms with Gasteiger partial charge >= 0.3 is 0 Å². The number of hydrogen-bond acceptors (Lipinski definition) is 4. The van der Waals surface area contributed by atoms with Crippen molar-refractivity contribution in [2.24, 2.45) is 5.73 Å². The molecule has 0 fully saturated rings. The molecule has 0 unspecified atom stereocenters. The summed E-state index contributed by atoms with van der Waals surface area (Å²) in [5, 5.41) is 2.74. The van der Waals surface area contributed by atoms with Gasteiger partial charge < -0.3 is 20.7 Å². The fraction of sp³-hybridized carbons (Fsp3) is 0.833. The lowest BCUT2D eigenvalue weighted by Gasteiger charge is -2.16. The average molecular weight is 259 g/mol. The van der Waals surface area contributed by atoms with E-state index < -0.39 is 0 Å². The van der Waals surface area contributed by atoms with Crippen molar-refractivity contribution in [1.82, 2.24) is 10.2 Å². The number of likely N-dealkylation sites (N-methyl/N-ethyl adjacent to an activating group) is 1. The Kier molecular flexibility index (Phi) is 10.3. The minimum absolute atomic E-state index is 0.0181. The number of hydrogen-bond donors (Lipinski definition) is 2. The Labute approximate surface area is 109 Å². The fourth-order valence-electron chi connectivity index (χ4n) is 1.42. The van der Waals surface area contributed by atoms with E-state index in [1.165, 1.54) is 4.90 Å². The predicted octanol–water partition coefficient (Wildman–Crippen LogP) is -0.273. The third-order valence-electron chi connectivity index (χ3n) is 2.50. The van der Waals surface area contributed by atoms with Gasteiger partial charge in [-0.2, -0.15) is 0 Å². The molecule has 0 saturated carbocycles. The first-order chi connectivity index (χ1) is 8.61. The van der Waals surface area contributed by atoms with E-state index in [0.717, 1.165) is 19.3 Å². The summed E-state index contributed by atoms with van der Waals surface area (Å²) in [6.07, 6.45) is 2.83. The van der Waals surface area contributed by atoms with E-state index in [9.17, 15) is 9.59 Å².